The summed E-state index contributed by atoms with van der Waals surface area (Å²) in [6, 6.07) is 9.83. The van der Waals surface area contributed by atoms with Crippen LogP contribution in [0, 0.1) is 0 Å². The van der Waals surface area contributed by atoms with E-state index in [9.17, 15) is 0 Å². The summed E-state index contributed by atoms with van der Waals surface area (Å²) < 4.78 is 5.92. The zero-order valence-corrected chi connectivity index (χ0v) is 12.5. The topological polar surface area (TPSA) is 34.1 Å². The Kier molecular flexibility index (Phi) is 5.39. The number of hydrogen-bond acceptors (Lipinski definition) is 3. The number of halogens is 1. The highest BCUT2D eigenvalue weighted by Gasteiger charge is 2.11. The first-order valence-electron chi connectivity index (χ1n) is 6.75. The molecule has 1 unspecified atom stereocenters. The van der Waals surface area contributed by atoms with Crippen LogP contribution in [0.2, 0.25) is 5.02 Å². The maximum absolute atomic E-state index is 6.09. The summed E-state index contributed by atoms with van der Waals surface area (Å²) in [6.07, 6.45) is 3.53. The van der Waals surface area contributed by atoms with E-state index < -0.39 is 0 Å². The molecular formula is C16H19ClN2O. The molecule has 1 heterocycles. The van der Waals surface area contributed by atoms with Crippen molar-refractivity contribution in [2.75, 3.05) is 6.54 Å². The minimum Gasteiger partial charge on any atom is -0.489 e. The fourth-order valence-corrected chi connectivity index (χ4v) is 2.23. The Hall–Kier alpha value is -1.58. The van der Waals surface area contributed by atoms with E-state index in [4.69, 9.17) is 16.3 Å². The van der Waals surface area contributed by atoms with Crippen molar-refractivity contribution < 1.29 is 4.74 Å². The lowest BCUT2D eigenvalue weighted by molar-refractivity contribution is 0.300. The zero-order chi connectivity index (χ0) is 14.4. The largest absolute Gasteiger partial charge is 0.489 e. The summed E-state index contributed by atoms with van der Waals surface area (Å²) in [4.78, 5) is 4.00. The van der Waals surface area contributed by atoms with Gasteiger partial charge in [-0.25, -0.2) is 0 Å². The number of nitrogens with zero attached hydrogens (tertiary/aromatic N) is 1. The van der Waals surface area contributed by atoms with E-state index in [-0.39, 0.29) is 6.04 Å². The second-order valence-electron chi connectivity index (χ2n) is 4.61. The summed E-state index contributed by atoms with van der Waals surface area (Å²) in [5.41, 5.74) is 2.17. The van der Waals surface area contributed by atoms with Crippen LogP contribution in [-0.2, 0) is 6.61 Å². The molecule has 1 aromatic heterocycles. The van der Waals surface area contributed by atoms with Gasteiger partial charge >= 0.3 is 0 Å². The van der Waals surface area contributed by atoms with Crippen LogP contribution in [0.3, 0.4) is 0 Å². The molecule has 106 valence electrons. The molecule has 1 atom stereocenters. The van der Waals surface area contributed by atoms with E-state index in [1.807, 2.05) is 30.3 Å². The number of nitrogens with one attached hydrogen (secondary N) is 1. The lowest BCUT2D eigenvalue weighted by Gasteiger charge is -2.18. The quantitative estimate of drug-likeness (QED) is 0.873. The molecular weight excluding hydrogens is 272 g/mol. The number of aromatic nitrogens is 1. The van der Waals surface area contributed by atoms with Crippen LogP contribution in [0.25, 0.3) is 0 Å². The molecule has 0 saturated heterocycles. The molecule has 4 heteroatoms. The predicted molar refractivity (Wildman–Crippen MR) is 82.1 cm³/mol. The van der Waals surface area contributed by atoms with E-state index in [1.165, 1.54) is 0 Å². The predicted octanol–water partition coefficient (Wildman–Crippen LogP) is 3.98. The zero-order valence-electron chi connectivity index (χ0n) is 11.8. The fourth-order valence-electron chi connectivity index (χ4n) is 2.05. The van der Waals surface area contributed by atoms with Gasteiger partial charge in [-0.1, -0.05) is 18.5 Å². The Labute approximate surface area is 124 Å². The van der Waals surface area contributed by atoms with Gasteiger partial charge in [0, 0.05) is 29.0 Å². The van der Waals surface area contributed by atoms with Crippen LogP contribution in [0.5, 0.6) is 5.75 Å². The molecule has 0 bridgehead atoms. The smallest absolute Gasteiger partial charge is 0.124 e. The van der Waals surface area contributed by atoms with E-state index >= 15 is 0 Å². The van der Waals surface area contributed by atoms with E-state index in [1.54, 1.807) is 12.4 Å². The van der Waals surface area contributed by atoms with Crippen molar-refractivity contribution in [1.29, 1.82) is 0 Å². The molecule has 2 rings (SSSR count). The number of pyridine rings is 1. The molecule has 0 aliphatic carbocycles. The summed E-state index contributed by atoms with van der Waals surface area (Å²) in [7, 11) is 0. The van der Waals surface area contributed by atoms with Crippen molar-refractivity contribution in [1.82, 2.24) is 10.3 Å². The number of hydrogen-bond donors (Lipinski definition) is 1. The molecule has 0 fully saturated rings. The highest BCUT2D eigenvalue weighted by atomic mass is 35.5. The normalized spacial score (nSPS) is 12.2. The summed E-state index contributed by atoms with van der Waals surface area (Å²) in [5, 5.41) is 4.10. The van der Waals surface area contributed by atoms with Crippen molar-refractivity contribution in [2.24, 2.45) is 0 Å². The third-order valence-electron chi connectivity index (χ3n) is 3.09. The Morgan fingerprint density at radius 2 is 2.00 bits per heavy atom. The van der Waals surface area contributed by atoms with Crippen molar-refractivity contribution in [3.05, 3.63) is 58.9 Å². The third-order valence-corrected chi connectivity index (χ3v) is 3.33. The van der Waals surface area contributed by atoms with Gasteiger partial charge in [-0.05, 0) is 49.4 Å². The van der Waals surface area contributed by atoms with Gasteiger partial charge in [-0.15, -0.1) is 0 Å². The fraction of sp³-hybridized carbons (Fsp3) is 0.312. The molecule has 0 saturated carbocycles. The second-order valence-corrected chi connectivity index (χ2v) is 5.04. The molecule has 0 radical (unpaired) electrons. The van der Waals surface area contributed by atoms with E-state index in [0.717, 1.165) is 28.4 Å². The van der Waals surface area contributed by atoms with Gasteiger partial charge < -0.3 is 10.1 Å². The van der Waals surface area contributed by atoms with Crippen LogP contribution < -0.4 is 10.1 Å². The number of rotatable bonds is 6. The Bertz CT molecular complexity index is 545. The van der Waals surface area contributed by atoms with Crippen molar-refractivity contribution in [3.63, 3.8) is 0 Å². The van der Waals surface area contributed by atoms with Crippen LogP contribution in [-0.4, -0.2) is 11.5 Å². The summed E-state index contributed by atoms with van der Waals surface area (Å²) >= 11 is 6.09. The summed E-state index contributed by atoms with van der Waals surface area (Å²) in [6.45, 7) is 5.61. The monoisotopic (exact) mass is 290 g/mol. The average Bonchev–Trinajstić information content (AvgIpc) is 2.47. The van der Waals surface area contributed by atoms with Gasteiger partial charge in [0.2, 0.25) is 0 Å². The Morgan fingerprint density at radius 3 is 2.70 bits per heavy atom. The molecule has 3 nitrogen and oxygen atoms in total. The van der Waals surface area contributed by atoms with Gasteiger partial charge in [0.05, 0.1) is 0 Å². The van der Waals surface area contributed by atoms with Gasteiger partial charge in [0.25, 0.3) is 0 Å². The van der Waals surface area contributed by atoms with Crippen LogP contribution in [0.15, 0.2) is 42.7 Å². The molecule has 0 spiro atoms. The van der Waals surface area contributed by atoms with E-state index in [0.29, 0.717) is 6.61 Å². The average molecular weight is 291 g/mol. The van der Waals surface area contributed by atoms with Crippen molar-refractivity contribution in [3.8, 4) is 5.75 Å². The third kappa shape index (κ3) is 3.95. The first-order chi connectivity index (χ1) is 9.70. The molecule has 1 aromatic carbocycles. The first-order valence-corrected chi connectivity index (χ1v) is 7.13. The minimum absolute atomic E-state index is 0.200. The highest BCUT2D eigenvalue weighted by molar-refractivity contribution is 6.30. The first kappa shape index (κ1) is 14.8. The molecule has 1 N–H and O–H groups in total. The second kappa shape index (κ2) is 7.27. The van der Waals surface area contributed by atoms with Crippen molar-refractivity contribution >= 4 is 11.6 Å². The maximum Gasteiger partial charge on any atom is 0.124 e. The maximum atomic E-state index is 6.09. The van der Waals surface area contributed by atoms with Crippen LogP contribution >= 0.6 is 11.6 Å². The molecule has 0 aliphatic heterocycles. The van der Waals surface area contributed by atoms with Crippen LogP contribution in [0.1, 0.15) is 31.0 Å². The van der Waals surface area contributed by atoms with Gasteiger partial charge in [-0.3, -0.25) is 4.98 Å². The molecule has 20 heavy (non-hydrogen) atoms. The van der Waals surface area contributed by atoms with Gasteiger partial charge in [0.15, 0.2) is 0 Å². The molecule has 0 aliphatic rings. The molecule has 0 amide bonds. The lowest BCUT2D eigenvalue weighted by atomic mass is 10.1. The Morgan fingerprint density at radius 1 is 1.25 bits per heavy atom. The van der Waals surface area contributed by atoms with E-state index in [2.05, 4.69) is 24.1 Å². The Balaban J connectivity index is 2.14. The van der Waals surface area contributed by atoms with Gasteiger partial charge in [-0.2, -0.15) is 0 Å². The van der Waals surface area contributed by atoms with Gasteiger partial charge in [0.1, 0.15) is 12.4 Å². The standard InChI is InChI=1S/C16H19ClN2O/c1-3-19-12(2)15-10-14(17)4-5-16(15)20-11-13-6-8-18-9-7-13/h4-10,12,19H,3,11H2,1-2H3. The summed E-state index contributed by atoms with van der Waals surface area (Å²) in [5.74, 6) is 0.861. The van der Waals surface area contributed by atoms with Crippen molar-refractivity contribution in [2.45, 2.75) is 26.5 Å². The SMILES string of the molecule is CCNC(C)c1cc(Cl)ccc1OCc1ccncc1. The highest BCUT2D eigenvalue weighted by Crippen LogP contribution is 2.29. The number of ether oxygens (including phenoxy) is 1. The van der Waals surface area contributed by atoms with Crippen LogP contribution in [0.4, 0.5) is 0 Å². The lowest BCUT2D eigenvalue weighted by Crippen LogP contribution is -2.18. The number of benzene rings is 1. The minimum atomic E-state index is 0.200. The molecule has 2 aromatic rings.